The normalized spacial score (nSPS) is 13.5. The van der Waals surface area contributed by atoms with Gasteiger partial charge in [0.2, 0.25) is 0 Å². The lowest BCUT2D eigenvalue weighted by Crippen LogP contribution is -2.43. The molecule has 2 unspecified atom stereocenters. The van der Waals surface area contributed by atoms with Crippen molar-refractivity contribution < 1.29 is 14.7 Å². The summed E-state index contributed by atoms with van der Waals surface area (Å²) in [5.41, 5.74) is 0. The molecule has 0 rings (SSSR count). The first-order valence-corrected chi connectivity index (χ1v) is 9.17. The molecule has 0 bridgehead atoms. The topological polar surface area (TPSA) is 78.4 Å². The maximum absolute atomic E-state index is 11.8. The molecule has 2 atom stereocenters. The van der Waals surface area contributed by atoms with Crippen molar-refractivity contribution in [2.75, 3.05) is 18.6 Å². The van der Waals surface area contributed by atoms with Crippen LogP contribution >= 0.6 is 11.8 Å². The molecular weight excluding hydrogens is 288 g/mol. The van der Waals surface area contributed by atoms with Gasteiger partial charge in [-0.05, 0) is 31.4 Å². The van der Waals surface area contributed by atoms with Crippen molar-refractivity contribution >= 4 is 23.8 Å². The number of nitrogens with one attached hydrogen (secondary N) is 2. The fourth-order valence-electron chi connectivity index (χ4n) is 2.26. The summed E-state index contributed by atoms with van der Waals surface area (Å²) in [7, 11) is 0. The van der Waals surface area contributed by atoms with Crippen LogP contribution in [0.25, 0.3) is 0 Å². The molecule has 0 aliphatic heterocycles. The third-order valence-corrected chi connectivity index (χ3v) is 4.23. The SMILES string of the molecule is CCCC(CCNC(=O)NC(CC)CSC)CCC(=O)O. The van der Waals surface area contributed by atoms with Crippen LogP contribution in [0.3, 0.4) is 0 Å². The molecule has 21 heavy (non-hydrogen) atoms. The zero-order valence-electron chi connectivity index (χ0n) is 13.5. The number of aliphatic carboxylic acids is 1. The van der Waals surface area contributed by atoms with E-state index < -0.39 is 5.97 Å². The van der Waals surface area contributed by atoms with E-state index in [1.807, 2.05) is 6.26 Å². The summed E-state index contributed by atoms with van der Waals surface area (Å²) in [5.74, 6) is 0.547. The Morgan fingerprint density at radius 1 is 1.19 bits per heavy atom. The highest BCUT2D eigenvalue weighted by molar-refractivity contribution is 7.98. The maximum Gasteiger partial charge on any atom is 0.315 e. The summed E-state index contributed by atoms with van der Waals surface area (Å²) in [6.45, 7) is 4.76. The fraction of sp³-hybridized carbons (Fsp3) is 0.867. The first-order valence-electron chi connectivity index (χ1n) is 7.78. The summed E-state index contributed by atoms with van der Waals surface area (Å²) in [6.07, 6.45) is 6.75. The van der Waals surface area contributed by atoms with E-state index in [-0.39, 0.29) is 18.5 Å². The Labute approximate surface area is 132 Å². The highest BCUT2D eigenvalue weighted by atomic mass is 32.2. The van der Waals surface area contributed by atoms with E-state index in [1.54, 1.807) is 11.8 Å². The van der Waals surface area contributed by atoms with E-state index in [0.717, 1.165) is 31.4 Å². The summed E-state index contributed by atoms with van der Waals surface area (Å²) in [6, 6.07) is 0.0860. The van der Waals surface area contributed by atoms with Crippen molar-refractivity contribution in [1.29, 1.82) is 0 Å². The molecule has 0 saturated heterocycles. The highest BCUT2D eigenvalue weighted by Crippen LogP contribution is 2.17. The summed E-state index contributed by atoms with van der Waals surface area (Å²) in [5, 5.41) is 14.6. The Balaban J connectivity index is 3.95. The molecule has 3 N–H and O–H groups in total. The molecule has 124 valence electrons. The van der Waals surface area contributed by atoms with E-state index in [4.69, 9.17) is 5.11 Å². The standard InChI is InChI=1S/C15H30N2O3S/c1-4-6-12(7-8-14(18)19)9-10-16-15(20)17-13(5-2)11-21-3/h12-13H,4-11H2,1-3H3,(H,18,19)(H2,16,17,20). The average Bonchev–Trinajstić information content (AvgIpc) is 2.44. The van der Waals surface area contributed by atoms with Gasteiger partial charge in [-0.2, -0.15) is 11.8 Å². The molecule has 0 aliphatic rings. The summed E-state index contributed by atoms with van der Waals surface area (Å²) in [4.78, 5) is 22.4. The second-order valence-corrected chi connectivity index (χ2v) is 6.25. The molecular formula is C15H30N2O3S. The molecule has 0 aliphatic carbocycles. The van der Waals surface area contributed by atoms with Gasteiger partial charge in [-0.1, -0.05) is 26.7 Å². The molecule has 6 heteroatoms. The Hall–Kier alpha value is -0.910. The highest BCUT2D eigenvalue weighted by Gasteiger charge is 2.12. The van der Waals surface area contributed by atoms with Crippen molar-refractivity contribution in [3.8, 4) is 0 Å². The Kier molecular flexibility index (Phi) is 12.2. The summed E-state index contributed by atoms with van der Waals surface area (Å²) >= 11 is 1.72. The van der Waals surface area contributed by atoms with Gasteiger partial charge in [0, 0.05) is 24.8 Å². The number of carbonyl (C=O) groups is 2. The Bertz CT molecular complexity index is 301. The first kappa shape index (κ1) is 20.1. The van der Waals surface area contributed by atoms with Crippen LogP contribution in [-0.2, 0) is 4.79 Å². The van der Waals surface area contributed by atoms with Crippen LogP contribution in [0.5, 0.6) is 0 Å². The van der Waals surface area contributed by atoms with Crippen molar-refractivity contribution in [2.24, 2.45) is 5.92 Å². The zero-order valence-corrected chi connectivity index (χ0v) is 14.3. The van der Waals surface area contributed by atoms with E-state index >= 15 is 0 Å². The molecule has 0 saturated carbocycles. The number of amides is 2. The van der Waals surface area contributed by atoms with Crippen molar-refractivity contribution in [3.05, 3.63) is 0 Å². The van der Waals surface area contributed by atoms with Crippen molar-refractivity contribution in [2.45, 2.75) is 58.4 Å². The summed E-state index contributed by atoms with van der Waals surface area (Å²) < 4.78 is 0. The van der Waals surface area contributed by atoms with Gasteiger partial charge in [0.1, 0.15) is 0 Å². The third-order valence-electron chi connectivity index (χ3n) is 3.50. The van der Waals surface area contributed by atoms with E-state index in [9.17, 15) is 9.59 Å². The van der Waals surface area contributed by atoms with Gasteiger partial charge in [-0.3, -0.25) is 4.79 Å². The molecule has 2 amide bonds. The molecule has 0 heterocycles. The number of carboxylic acids is 1. The lowest BCUT2D eigenvalue weighted by Gasteiger charge is -2.18. The third kappa shape index (κ3) is 11.4. The van der Waals surface area contributed by atoms with Crippen LogP contribution < -0.4 is 10.6 Å². The van der Waals surface area contributed by atoms with Crippen LogP contribution in [0.15, 0.2) is 0 Å². The van der Waals surface area contributed by atoms with Gasteiger partial charge in [-0.15, -0.1) is 0 Å². The van der Waals surface area contributed by atoms with Gasteiger partial charge in [0.05, 0.1) is 0 Å². The van der Waals surface area contributed by atoms with Crippen molar-refractivity contribution in [1.82, 2.24) is 10.6 Å². The minimum absolute atomic E-state index is 0.121. The number of urea groups is 1. The van der Waals surface area contributed by atoms with Crippen LogP contribution in [0.1, 0.15) is 52.4 Å². The molecule has 0 aromatic carbocycles. The zero-order chi connectivity index (χ0) is 16.1. The van der Waals surface area contributed by atoms with Gasteiger partial charge in [0.15, 0.2) is 0 Å². The second-order valence-electron chi connectivity index (χ2n) is 5.34. The number of carbonyl (C=O) groups excluding carboxylic acids is 1. The molecule has 0 fully saturated rings. The Morgan fingerprint density at radius 3 is 2.43 bits per heavy atom. The van der Waals surface area contributed by atoms with E-state index in [1.165, 1.54) is 0 Å². The number of carboxylic acid groups (broad SMARTS) is 1. The predicted molar refractivity (Wildman–Crippen MR) is 88.9 cm³/mol. The van der Waals surface area contributed by atoms with Crippen LogP contribution in [0.2, 0.25) is 0 Å². The Morgan fingerprint density at radius 2 is 1.90 bits per heavy atom. The first-order chi connectivity index (χ1) is 10.0. The quantitative estimate of drug-likeness (QED) is 0.517. The minimum atomic E-state index is -0.746. The van der Waals surface area contributed by atoms with Crippen molar-refractivity contribution in [3.63, 3.8) is 0 Å². The minimum Gasteiger partial charge on any atom is -0.481 e. The number of hydrogen-bond acceptors (Lipinski definition) is 3. The second kappa shape index (κ2) is 12.8. The molecule has 0 aromatic rings. The monoisotopic (exact) mass is 318 g/mol. The van der Waals surface area contributed by atoms with Gasteiger partial charge in [-0.25, -0.2) is 4.79 Å². The van der Waals surface area contributed by atoms with E-state index in [2.05, 4.69) is 24.5 Å². The molecule has 0 aromatic heterocycles. The maximum atomic E-state index is 11.8. The van der Waals surface area contributed by atoms with E-state index in [0.29, 0.717) is 18.9 Å². The van der Waals surface area contributed by atoms with Crippen LogP contribution in [0, 0.1) is 5.92 Å². The predicted octanol–water partition coefficient (Wildman–Crippen LogP) is 3.10. The fourth-order valence-corrected chi connectivity index (χ4v) is 2.98. The van der Waals surface area contributed by atoms with Gasteiger partial charge in [0.25, 0.3) is 0 Å². The molecule has 0 spiro atoms. The largest absolute Gasteiger partial charge is 0.481 e. The number of thioether (sulfide) groups is 1. The lowest BCUT2D eigenvalue weighted by atomic mass is 9.94. The number of rotatable bonds is 12. The van der Waals surface area contributed by atoms with Gasteiger partial charge >= 0.3 is 12.0 Å². The smallest absolute Gasteiger partial charge is 0.315 e. The molecule has 0 radical (unpaired) electrons. The number of hydrogen-bond donors (Lipinski definition) is 3. The van der Waals surface area contributed by atoms with Crippen LogP contribution in [0.4, 0.5) is 4.79 Å². The average molecular weight is 318 g/mol. The van der Waals surface area contributed by atoms with Crippen LogP contribution in [-0.4, -0.2) is 41.7 Å². The van der Waals surface area contributed by atoms with Gasteiger partial charge < -0.3 is 15.7 Å². The lowest BCUT2D eigenvalue weighted by molar-refractivity contribution is -0.137. The molecule has 5 nitrogen and oxygen atoms in total.